The first kappa shape index (κ1) is 35.0. The highest BCUT2D eigenvalue weighted by Crippen LogP contribution is 2.52. The fourth-order valence-electron chi connectivity index (χ4n) is 9.96. The third-order valence-electron chi connectivity index (χ3n) is 12.4. The number of benzene rings is 11. The first-order valence-electron chi connectivity index (χ1n) is 20.5. The van der Waals surface area contributed by atoms with Crippen molar-refractivity contribution in [1.82, 2.24) is 4.98 Å². The molecule has 0 saturated heterocycles. The normalized spacial score (nSPS) is 12.1. The lowest BCUT2D eigenvalue weighted by atomic mass is 9.85. The number of rotatable bonds is 5. The molecule has 0 spiro atoms. The van der Waals surface area contributed by atoms with Crippen LogP contribution in [0.2, 0.25) is 0 Å². The highest BCUT2D eigenvalue weighted by atomic mass is 32.4. The molecule has 280 valence electrons. The Hall–Kier alpha value is -6.96. The molecular formula is C57H36NPS. The first-order chi connectivity index (χ1) is 29.7. The Morgan fingerprint density at radius 2 is 0.717 bits per heavy atom. The van der Waals surface area contributed by atoms with Crippen molar-refractivity contribution in [2.45, 2.75) is 0 Å². The largest absolute Gasteiger partial charge is 0.247 e. The number of hydrogen-bond acceptors (Lipinski definition) is 2. The lowest BCUT2D eigenvalue weighted by Crippen LogP contribution is -2.26. The summed E-state index contributed by atoms with van der Waals surface area (Å²) in [7, 11) is 0. The van der Waals surface area contributed by atoms with E-state index in [-0.39, 0.29) is 0 Å². The zero-order valence-electron chi connectivity index (χ0n) is 32.6. The molecule has 0 saturated carbocycles. The number of fused-ring (bicyclic) bond motifs is 12. The van der Waals surface area contributed by atoms with Gasteiger partial charge in [-0.15, -0.1) is 0 Å². The molecule has 0 aliphatic heterocycles. The van der Waals surface area contributed by atoms with Crippen molar-refractivity contribution in [3.8, 4) is 22.4 Å². The monoisotopic (exact) mass is 797 g/mol. The van der Waals surface area contributed by atoms with Gasteiger partial charge in [-0.3, -0.25) is 0 Å². The van der Waals surface area contributed by atoms with Crippen LogP contribution in [0.4, 0.5) is 0 Å². The number of nitrogens with zero attached hydrogens (tertiary/aromatic N) is 1. The van der Waals surface area contributed by atoms with Crippen LogP contribution in [-0.4, -0.2) is 4.98 Å². The van der Waals surface area contributed by atoms with Crippen LogP contribution in [0.3, 0.4) is 0 Å². The van der Waals surface area contributed by atoms with Crippen LogP contribution in [0.5, 0.6) is 0 Å². The van der Waals surface area contributed by atoms with E-state index in [1.807, 2.05) is 0 Å². The summed E-state index contributed by atoms with van der Waals surface area (Å²) < 4.78 is 0. The van der Waals surface area contributed by atoms with Crippen molar-refractivity contribution in [1.29, 1.82) is 0 Å². The van der Waals surface area contributed by atoms with Gasteiger partial charge >= 0.3 is 0 Å². The number of aromatic nitrogens is 1. The van der Waals surface area contributed by atoms with Gasteiger partial charge in [-0.25, -0.2) is 4.98 Å². The van der Waals surface area contributed by atoms with E-state index >= 15 is 0 Å². The Kier molecular flexibility index (Phi) is 8.07. The van der Waals surface area contributed by atoms with Crippen LogP contribution in [-0.2, 0) is 11.8 Å². The van der Waals surface area contributed by atoms with Gasteiger partial charge in [0.15, 0.2) is 0 Å². The van der Waals surface area contributed by atoms with Gasteiger partial charge < -0.3 is 0 Å². The van der Waals surface area contributed by atoms with Crippen LogP contribution in [0.15, 0.2) is 218 Å². The molecule has 0 atom stereocenters. The van der Waals surface area contributed by atoms with E-state index in [4.69, 9.17) is 16.8 Å². The molecule has 11 aromatic carbocycles. The quantitative estimate of drug-likeness (QED) is 0.0977. The molecular weight excluding hydrogens is 762 g/mol. The molecule has 0 aliphatic rings. The molecule has 1 heterocycles. The fourth-order valence-corrected chi connectivity index (χ4v) is 14.4. The van der Waals surface area contributed by atoms with E-state index in [0.29, 0.717) is 0 Å². The van der Waals surface area contributed by atoms with E-state index in [0.717, 1.165) is 16.8 Å². The average Bonchev–Trinajstić information content (AvgIpc) is 3.33. The Bertz CT molecular complexity index is 3630. The van der Waals surface area contributed by atoms with Crippen LogP contribution in [0, 0.1) is 0 Å². The average molecular weight is 798 g/mol. The van der Waals surface area contributed by atoms with E-state index in [1.165, 1.54) is 97.1 Å². The highest BCUT2D eigenvalue weighted by molar-refractivity contribution is 8.25. The van der Waals surface area contributed by atoms with Crippen LogP contribution >= 0.6 is 6.04 Å². The molecule has 0 N–H and O–H groups in total. The maximum atomic E-state index is 7.14. The summed E-state index contributed by atoms with van der Waals surface area (Å²) >= 11 is 7.14. The van der Waals surface area contributed by atoms with E-state index in [2.05, 4.69) is 218 Å². The van der Waals surface area contributed by atoms with Crippen molar-refractivity contribution in [3.05, 3.63) is 218 Å². The summed E-state index contributed by atoms with van der Waals surface area (Å²) in [6, 6.07) is 76.8. The lowest BCUT2D eigenvalue weighted by Gasteiger charge is -2.29. The van der Waals surface area contributed by atoms with Gasteiger partial charge in [0.05, 0.1) is 11.2 Å². The maximum absolute atomic E-state index is 7.14. The molecule has 0 fully saturated rings. The van der Waals surface area contributed by atoms with Gasteiger partial charge in [-0.2, -0.15) is 0 Å². The molecule has 0 aliphatic carbocycles. The molecule has 12 rings (SSSR count). The fraction of sp³-hybridized carbons (Fsp3) is 0. The highest BCUT2D eigenvalue weighted by Gasteiger charge is 2.31. The second-order valence-corrected chi connectivity index (χ2v) is 20.0. The molecule has 60 heavy (non-hydrogen) atoms. The standard InChI is InChI=1S/C57H36NPS/c60-59(38-22-6-2-7-23-38,39-24-8-3-9-25-39)57-48-34-18-16-32-46(48)52(47-33-17-19-35-49(47)57)50-36-51-53(43-29-13-12-28-42(43)50)54-44-30-14-10-26-40(44)41-27-11-15-31-45(41)55(54)56(58-51)37-20-4-1-5-21-37/h1-36H. The van der Waals surface area contributed by atoms with E-state index < -0.39 is 6.04 Å². The van der Waals surface area contributed by atoms with Crippen molar-refractivity contribution in [3.63, 3.8) is 0 Å². The molecule has 0 unspecified atom stereocenters. The van der Waals surface area contributed by atoms with Crippen LogP contribution in [0.1, 0.15) is 0 Å². The molecule has 1 nitrogen and oxygen atoms in total. The third kappa shape index (κ3) is 5.12. The smallest absolute Gasteiger partial charge is 0.0794 e. The first-order valence-corrected chi connectivity index (χ1v) is 23.3. The minimum atomic E-state index is -2.56. The van der Waals surface area contributed by atoms with E-state index in [9.17, 15) is 0 Å². The zero-order chi connectivity index (χ0) is 39.8. The summed E-state index contributed by atoms with van der Waals surface area (Å²) in [5.74, 6) is 0. The zero-order valence-corrected chi connectivity index (χ0v) is 34.3. The summed E-state index contributed by atoms with van der Waals surface area (Å²) in [4.78, 5) is 5.75. The molecule has 0 bridgehead atoms. The minimum absolute atomic E-state index is 0.978. The van der Waals surface area contributed by atoms with Gasteiger partial charge in [0.2, 0.25) is 0 Å². The van der Waals surface area contributed by atoms with Crippen molar-refractivity contribution in [2.24, 2.45) is 0 Å². The second kappa shape index (κ2) is 13.8. The number of hydrogen-bond donors (Lipinski definition) is 0. The van der Waals surface area contributed by atoms with Gasteiger partial charge in [-0.1, -0.05) is 224 Å². The van der Waals surface area contributed by atoms with Crippen LogP contribution < -0.4 is 15.9 Å². The Balaban J connectivity index is 1.28. The van der Waals surface area contributed by atoms with Crippen molar-refractivity contribution < 1.29 is 0 Å². The SMILES string of the molecule is S=P(c1ccccc1)(c1ccccc1)c1c2ccccc2c(-c2cc3nc(-c4ccccc4)c4c5ccccc5c5ccccc5c4c3c3ccccc23)c2ccccc12. The Labute approximate surface area is 353 Å². The van der Waals surface area contributed by atoms with Gasteiger partial charge in [-0.05, 0) is 81.7 Å². The van der Waals surface area contributed by atoms with Gasteiger partial charge in [0, 0.05) is 33.1 Å². The second-order valence-electron chi connectivity index (χ2n) is 15.6. The predicted octanol–water partition coefficient (Wildman–Crippen LogP) is 14.2. The molecule has 3 heteroatoms. The summed E-state index contributed by atoms with van der Waals surface area (Å²) in [6.07, 6.45) is 0. The third-order valence-corrected chi connectivity index (χ3v) is 17.4. The predicted molar refractivity (Wildman–Crippen MR) is 264 cm³/mol. The van der Waals surface area contributed by atoms with Crippen molar-refractivity contribution in [2.75, 3.05) is 0 Å². The topological polar surface area (TPSA) is 12.9 Å². The summed E-state index contributed by atoms with van der Waals surface area (Å²) in [6.45, 7) is 0. The van der Waals surface area contributed by atoms with Crippen molar-refractivity contribution >= 4 is 109 Å². The summed E-state index contributed by atoms with van der Waals surface area (Å²) in [5, 5.41) is 19.3. The van der Waals surface area contributed by atoms with Crippen LogP contribution in [0.25, 0.3) is 97.9 Å². The van der Waals surface area contributed by atoms with Gasteiger partial charge in [0.1, 0.15) is 0 Å². The molecule has 12 aromatic rings. The van der Waals surface area contributed by atoms with E-state index in [1.54, 1.807) is 0 Å². The minimum Gasteiger partial charge on any atom is -0.247 e. The molecule has 0 amide bonds. The molecule has 0 radical (unpaired) electrons. The maximum Gasteiger partial charge on any atom is 0.0794 e. The lowest BCUT2D eigenvalue weighted by molar-refractivity contribution is 1.44. The Morgan fingerprint density at radius 1 is 0.333 bits per heavy atom. The van der Waals surface area contributed by atoms with Gasteiger partial charge in [0.25, 0.3) is 0 Å². The summed E-state index contributed by atoms with van der Waals surface area (Å²) in [5.41, 5.74) is 5.45. The Morgan fingerprint density at radius 3 is 1.23 bits per heavy atom. The number of pyridine rings is 1. The molecule has 1 aromatic heterocycles.